The number of carboxylic acids is 1. The minimum atomic E-state index is -4.44. The summed E-state index contributed by atoms with van der Waals surface area (Å²) >= 11 is 0. The van der Waals surface area contributed by atoms with Crippen molar-refractivity contribution in [1.82, 2.24) is 9.21 Å². The van der Waals surface area contributed by atoms with Crippen LogP contribution in [-0.4, -0.2) is 60.9 Å². The first kappa shape index (κ1) is 22.7. The zero-order valence-electron chi connectivity index (χ0n) is 14.0. The lowest BCUT2D eigenvalue weighted by atomic mass is 10.0. The van der Waals surface area contributed by atoms with Gasteiger partial charge in [-0.15, -0.1) is 12.4 Å². The Kier molecular flexibility index (Phi) is 7.87. The fourth-order valence-electron chi connectivity index (χ4n) is 3.03. The highest BCUT2D eigenvalue weighted by atomic mass is 35.5. The molecule has 0 saturated carbocycles. The zero-order chi connectivity index (χ0) is 18.8. The fraction of sp³-hybridized carbons (Fsp3) is 0.533. The molecule has 0 spiro atoms. The zero-order valence-corrected chi connectivity index (χ0v) is 15.6. The molecule has 11 heteroatoms. The summed E-state index contributed by atoms with van der Waals surface area (Å²) in [6.07, 6.45) is 0.676. The number of nitrogens with zero attached hydrogens (tertiary/aromatic N) is 2. The van der Waals surface area contributed by atoms with E-state index in [1.807, 2.05) is 0 Å². The van der Waals surface area contributed by atoms with E-state index < -0.39 is 38.3 Å². The summed E-state index contributed by atoms with van der Waals surface area (Å²) in [4.78, 5) is 11.4. The van der Waals surface area contributed by atoms with E-state index in [4.69, 9.17) is 5.11 Å². The van der Waals surface area contributed by atoms with Gasteiger partial charge in [-0.25, -0.2) is 21.6 Å². The van der Waals surface area contributed by atoms with E-state index in [2.05, 4.69) is 0 Å². The maximum Gasteiger partial charge on any atom is 0.317 e. The van der Waals surface area contributed by atoms with Gasteiger partial charge < -0.3 is 5.11 Å². The van der Waals surface area contributed by atoms with E-state index in [0.717, 1.165) is 4.31 Å². The summed E-state index contributed by atoms with van der Waals surface area (Å²) in [6, 6.07) is 0.526. The summed E-state index contributed by atoms with van der Waals surface area (Å²) in [5.74, 6) is -5.12. The lowest BCUT2D eigenvalue weighted by Crippen LogP contribution is -2.48. The van der Waals surface area contributed by atoms with E-state index in [-0.39, 0.29) is 38.1 Å². The summed E-state index contributed by atoms with van der Waals surface area (Å²) in [5, 5.41) is 8.90. The number of halogens is 4. The van der Waals surface area contributed by atoms with Gasteiger partial charge in [-0.3, -0.25) is 9.69 Å². The Morgan fingerprint density at radius 2 is 1.73 bits per heavy atom. The topological polar surface area (TPSA) is 77.9 Å². The van der Waals surface area contributed by atoms with Gasteiger partial charge in [0, 0.05) is 31.3 Å². The van der Waals surface area contributed by atoms with Crippen molar-refractivity contribution >= 4 is 28.4 Å². The van der Waals surface area contributed by atoms with Gasteiger partial charge in [0.1, 0.15) is 17.5 Å². The van der Waals surface area contributed by atoms with Crippen molar-refractivity contribution in [2.75, 3.05) is 26.2 Å². The van der Waals surface area contributed by atoms with Crippen LogP contribution in [0.25, 0.3) is 0 Å². The average Bonchev–Trinajstić information content (AvgIpc) is 2.51. The minimum Gasteiger partial charge on any atom is -0.480 e. The van der Waals surface area contributed by atoms with Crippen LogP contribution in [0.15, 0.2) is 17.0 Å². The molecule has 1 N–H and O–H groups in total. The molecule has 0 aliphatic carbocycles. The van der Waals surface area contributed by atoms with Crippen molar-refractivity contribution in [3.63, 3.8) is 0 Å². The second-order valence-corrected chi connectivity index (χ2v) is 7.67. The molecule has 1 fully saturated rings. The number of hydrogen-bond acceptors (Lipinski definition) is 4. The smallest absolute Gasteiger partial charge is 0.317 e. The highest BCUT2D eigenvalue weighted by molar-refractivity contribution is 7.89. The third kappa shape index (κ3) is 4.87. The Morgan fingerprint density at radius 1 is 1.23 bits per heavy atom. The number of carbonyl (C=O) groups is 1. The normalized spacial score (nSPS) is 16.5. The van der Waals surface area contributed by atoms with Crippen LogP contribution in [0.2, 0.25) is 0 Å². The van der Waals surface area contributed by atoms with Gasteiger partial charge >= 0.3 is 5.97 Å². The summed E-state index contributed by atoms with van der Waals surface area (Å²) in [6.45, 7) is 2.13. The summed E-state index contributed by atoms with van der Waals surface area (Å²) < 4.78 is 66.5. The molecular weight excluding hydrogens is 397 g/mol. The van der Waals surface area contributed by atoms with E-state index >= 15 is 0 Å². The predicted octanol–water partition coefficient (Wildman–Crippen LogP) is 2.09. The van der Waals surface area contributed by atoms with Crippen molar-refractivity contribution in [3.8, 4) is 0 Å². The Hall–Kier alpha value is -1.36. The molecule has 1 aliphatic rings. The molecule has 2 rings (SSSR count). The van der Waals surface area contributed by atoms with Crippen LogP contribution in [0.5, 0.6) is 0 Å². The van der Waals surface area contributed by atoms with Crippen molar-refractivity contribution in [1.29, 1.82) is 0 Å². The van der Waals surface area contributed by atoms with Crippen molar-refractivity contribution < 1.29 is 31.5 Å². The van der Waals surface area contributed by atoms with Gasteiger partial charge in [-0.05, 0) is 19.4 Å². The Bertz CT molecular complexity index is 732. The van der Waals surface area contributed by atoms with Crippen LogP contribution in [0, 0.1) is 17.5 Å². The Labute approximate surface area is 156 Å². The van der Waals surface area contributed by atoms with Crippen LogP contribution in [0.1, 0.15) is 19.8 Å². The molecule has 0 atom stereocenters. The third-order valence-electron chi connectivity index (χ3n) is 4.25. The van der Waals surface area contributed by atoms with Crippen LogP contribution in [0.3, 0.4) is 0 Å². The molecule has 6 nitrogen and oxygen atoms in total. The van der Waals surface area contributed by atoms with Gasteiger partial charge in [0.2, 0.25) is 10.0 Å². The first-order chi connectivity index (χ1) is 11.7. The van der Waals surface area contributed by atoms with Crippen LogP contribution >= 0.6 is 12.4 Å². The molecule has 26 heavy (non-hydrogen) atoms. The molecule has 0 radical (unpaired) electrons. The lowest BCUT2D eigenvalue weighted by Gasteiger charge is -2.36. The Balaban J connectivity index is 0.00000338. The van der Waals surface area contributed by atoms with Crippen LogP contribution < -0.4 is 0 Å². The maximum absolute atomic E-state index is 13.8. The summed E-state index contributed by atoms with van der Waals surface area (Å²) in [7, 11) is -4.44. The molecule has 0 amide bonds. The van der Waals surface area contributed by atoms with Crippen LogP contribution in [0.4, 0.5) is 13.2 Å². The molecule has 148 valence electrons. The maximum atomic E-state index is 13.8. The van der Waals surface area contributed by atoms with Gasteiger partial charge in [0.25, 0.3) is 0 Å². The predicted molar refractivity (Wildman–Crippen MR) is 90.2 cm³/mol. The van der Waals surface area contributed by atoms with Crippen molar-refractivity contribution in [3.05, 3.63) is 29.6 Å². The number of carboxylic acid groups (broad SMARTS) is 1. The second-order valence-electron chi connectivity index (χ2n) is 5.79. The first-order valence-electron chi connectivity index (χ1n) is 7.77. The van der Waals surface area contributed by atoms with E-state index in [1.54, 1.807) is 11.8 Å². The molecule has 0 aromatic heterocycles. The quantitative estimate of drug-likeness (QED) is 0.768. The van der Waals surface area contributed by atoms with Crippen molar-refractivity contribution in [2.45, 2.75) is 30.7 Å². The molecule has 1 heterocycles. The molecule has 0 bridgehead atoms. The lowest BCUT2D eigenvalue weighted by molar-refractivity contribution is -0.139. The molecular formula is C15H20ClF3N2O4S. The number of rotatable bonds is 6. The monoisotopic (exact) mass is 416 g/mol. The van der Waals surface area contributed by atoms with Gasteiger partial charge in [0.05, 0.1) is 6.54 Å². The summed E-state index contributed by atoms with van der Waals surface area (Å²) in [5.41, 5.74) is 0. The van der Waals surface area contributed by atoms with Gasteiger partial charge in [0.15, 0.2) is 4.90 Å². The molecule has 1 aliphatic heterocycles. The molecule has 1 aromatic rings. The standard InChI is InChI=1S/C15H19F3N2O4S.ClH/c1-2-19(9-14(21)22)11-3-5-20(6-4-11)25(23,24)15-12(17)7-10(16)8-13(15)18;/h7-8,11H,2-6,9H2,1H3,(H,21,22);1H. The highest BCUT2D eigenvalue weighted by Crippen LogP contribution is 2.27. The van der Waals surface area contributed by atoms with Gasteiger partial charge in [-0.2, -0.15) is 4.31 Å². The molecule has 0 unspecified atom stereocenters. The number of sulfonamides is 1. The van der Waals surface area contributed by atoms with E-state index in [0.29, 0.717) is 31.5 Å². The van der Waals surface area contributed by atoms with E-state index in [1.165, 1.54) is 0 Å². The van der Waals surface area contributed by atoms with E-state index in [9.17, 15) is 26.4 Å². The number of aliphatic carboxylic acids is 1. The third-order valence-corrected chi connectivity index (χ3v) is 6.20. The SMILES string of the molecule is CCN(CC(=O)O)C1CCN(S(=O)(=O)c2c(F)cc(F)cc2F)CC1.Cl. The van der Waals surface area contributed by atoms with Crippen molar-refractivity contribution in [2.24, 2.45) is 0 Å². The average molecular weight is 417 g/mol. The Morgan fingerprint density at radius 3 is 2.15 bits per heavy atom. The number of likely N-dealkylation sites (N-methyl/N-ethyl adjacent to an activating group) is 1. The highest BCUT2D eigenvalue weighted by Gasteiger charge is 2.35. The fourth-order valence-corrected chi connectivity index (χ4v) is 4.59. The minimum absolute atomic E-state index is 0. The number of benzene rings is 1. The van der Waals surface area contributed by atoms with Crippen LogP contribution in [-0.2, 0) is 14.8 Å². The number of hydrogen-bond donors (Lipinski definition) is 1. The molecule has 1 aromatic carbocycles. The first-order valence-corrected chi connectivity index (χ1v) is 9.21. The second kappa shape index (κ2) is 9.03. The van der Waals surface area contributed by atoms with Gasteiger partial charge in [-0.1, -0.05) is 6.92 Å². The number of piperidine rings is 1. The molecule has 1 saturated heterocycles. The largest absolute Gasteiger partial charge is 0.480 e.